The molecule has 0 fully saturated rings. The predicted molar refractivity (Wildman–Crippen MR) is 102 cm³/mol. The molecule has 6 nitrogen and oxygen atoms in total. The van der Waals surface area contributed by atoms with Crippen LogP contribution >= 0.6 is 0 Å². The van der Waals surface area contributed by atoms with Crippen LogP contribution in [0.15, 0.2) is 30.5 Å². The van der Waals surface area contributed by atoms with E-state index in [1.165, 1.54) is 11.1 Å². The third-order valence-electron chi connectivity index (χ3n) is 5.61. The van der Waals surface area contributed by atoms with Gasteiger partial charge in [0.25, 0.3) is 0 Å². The van der Waals surface area contributed by atoms with E-state index in [-0.39, 0.29) is 12.8 Å². The Balaban J connectivity index is 1.75. The van der Waals surface area contributed by atoms with Gasteiger partial charge in [0.15, 0.2) is 11.5 Å². The summed E-state index contributed by atoms with van der Waals surface area (Å²) in [6, 6.07) is 8.27. The number of nitrogens with zero attached hydrogens (tertiary/aromatic N) is 1. The van der Waals surface area contributed by atoms with Crippen molar-refractivity contribution in [2.24, 2.45) is 0 Å². The summed E-state index contributed by atoms with van der Waals surface area (Å²) in [5.74, 6) is 3.09. The van der Waals surface area contributed by atoms with Gasteiger partial charge in [-0.15, -0.1) is 0 Å². The average Bonchev–Trinajstić information content (AvgIpc) is 3.32. The minimum atomic E-state index is 0.0547. The van der Waals surface area contributed by atoms with Gasteiger partial charge in [-0.05, 0) is 48.9 Å². The number of aromatic amines is 1. The molecule has 5 rings (SSSR count). The molecule has 3 heterocycles. The molecule has 3 aromatic rings. The second-order valence-corrected chi connectivity index (χ2v) is 7.01. The van der Waals surface area contributed by atoms with Crippen LogP contribution in [-0.4, -0.2) is 44.5 Å². The third-order valence-corrected chi connectivity index (χ3v) is 5.61. The Hall–Kier alpha value is -2.86. The minimum absolute atomic E-state index is 0.0547. The van der Waals surface area contributed by atoms with Gasteiger partial charge in [0.1, 0.15) is 5.75 Å². The number of H-pyrrole nitrogens is 1. The van der Waals surface area contributed by atoms with Crippen molar-refractivity contribution in [2.75, 3.05) is 34.6 Å². The van der Waals surface area contributed by atoms with Crippen molar-refractivity contribution < 1.29 is 18.9 Å². The van der Waals surface area contributed by atoms with Crippen molar-refractivity contribution in [1.29, 1.82) is 0 Å². The van der Waals surface area contributed by atoms with Crippen LogP contribution in [0.5, 0.6) is 23.0 Å². The summed E-state index contributed by atoms with van der Waals surface area (Å²) in [5.41, 5.74) is 4.69. The van der Waals surface area contributed by atoms with Crippen molar-refractivity contribution in [1.82, 2.24) is 9.88 Å². The van der Waals surface area contributed by atoms with Crippen LogP contribution in [0.2, 0.25) is 0 Å². The number of rotatable bonds is 3. The van der Waals surface area contributed by atoms with E-state index in [1.54, 1.807) is 14.2 Å². The Bertz CT molecular complexity index is 1030. The van der Waals surface area contributed by atoms with Gasteiger partial charge >= 0.3 is 0 Å². The molecule has 0 bridgehead atoms. The van der Waals surface area contributed by atoms with Crippen LogP contribution in [0, 0.1) is 0 Å². The van der Waals surface area contributed by atoms with Gasteiger partial charge < -0.3 is 23.9 Å². The van der Waals surface area contributed by atoms with Gasteiger partial charge in [0.05, 0.1) is 20.3 Å². The van der Waals surface area contributed by atoms with Crippen molar-refractivity contribution in [3.8, 4) is 23.0 Å². The lowest BCUT2D eigenvalue weighted by Gasteiger charge is -2.35. The number of likely N-dealkylation sites (N-methyl/N-ethyl adjacent to an activating group) is 1. The SMILES string of the molecule is COc1ccc2[nH]cc(C3c4c(cc5c(c4OC)OCO5)CCN3C)c2c1. The maximum absolute atomic E-state index is 5.82. The Labute approximate surface area is 157 Å². The van der Waals surface area contributed by atoms with Gasteiger partial charge in [0.2, 0.25) is 12.5 Å². The fraction of sp³-hybridized carbons (Fsp3) is 0.333. The molecular formula is C21H22N2O4. The summed E-state index contributed by atoms with van der Waals surface area (Å²) in [4.78, 5) is 5.76. The normalized spacial score (nSPS) is 18.6. The standard InChI is InChI=1S/C21H22N2O4/c1-23-7-6-12-8-17-20(27-11-26-17)21(25-3)18(12)19(23)15-10-22-16-5-4-13(24-2)9-14(15)16/h4-5,8-10,19,22H,6-7,11H2,1-3H3. The van der Waals surface area contributed by atoms with Crippen LogP contribution in [0.3, 0.4) is 0 Å². The van der Waals surface area contributed by atoms with Gasteiger partial charge in [0, 0.05) is 29.2 Å². The Kier molecular flexibility index (Phi) is 3.68. The topological polar surface area (TPSA) is 56.0 Å². The number of fused-ring (bicyclic) bond motifs is 3. The predicted octanol–water partition coefficient (Wildman–Crippen LogP) is 3.49. The van der Waals surface area contributed by atoms with Gasteiger partial charge in [-0.1, -0.05) is 0 Å². The molecule has 27 heavy (non-hydrogen) atoms. The fourth-order valence-corrected chi connectivity index (χ4v) is 4.30. The lowest BCUT2D eigenvalue weighted by Crippen LogP contribution is -2.33. The quantitative estimate of drug-likeness (QED) is 0.769. The first-order valence-corrected chi connectivity index (χ1v) is 9.06. The molecule has 0 spiro atoms. The highest BCUT2D eigenvalue weighted by Crippen LogP contribution is 2.51. The highest BCUT2D eigenvalue weighted by atomic mass is 16.7. The largest absolute Gasteiger partial charge is 0.497 e. The Morgan fingerprint density at radius 2 is 2.04 bits per heavy atom. The van der Waals surface area contributed by atoms with E-state index < -0.39 is 0 Å². The monoisotopic (exact) mass is 366 g/mol. The molecule has 0 amide bonds. The summed E-state index contributed by atoms with van der Waals surface area (Å²) in [6.07, 6.45) is 3.03. The average molecular weight is 366 g/mol. The van der Waals surface area contributed by atoms with E-state index in [9.17, 15) is 0 Å². The third kappa shape index (κ3) is 2.36. The van der Waals surface area contributed by atoms with E-state index in [0.29, 0.717) is 5.75 Å². The molecule has 140 valence electrons. The first kappa shape index (κ1) is 16.3. The van der Waals surface area contributed by atoms with E-state index in [0.717, 1.165) is 46.7 Å². The lowest BCUT2D eigenvalue weighted by atomic mass is 9.87. The maximum atomic E-state index is 5.82. The van der Waals surface area contributed by atoms with Gasteiger partial charge in [-0.3, -0.25) is 4.90 Å². The molecule has 1 aromatic heterocycles. The van der Waals surface area contributed by atoms with Crippen molar-refractivity contribution in [3.05, 3.63) is 47.2 Å². The molecule has 1 N–H and O–H groups in total. The number of hydrogen-bond acceptors (Lipinski definition) is 5. The number of benzene rings is 2. The van der Waals surface area contributed by atoms with E-state index in [4.69, 9.17) is 18.9 Å². The number of ether oxygens (including phenoxy) is 4. The van der Waals surface area contributed by atoms with Crippen LogP contribution < -0.4 is 18.9 Å². The molecule has 6 heteroatoms. The lowest BCUT2D eigenvalue weighted by molar-refractivity contribution is 0.171. The minimum Gasteiger partial charge on any atom is -0.497 e. The summed E-state index contributed by atoms with van der Waals surface area (Å²) in [5, 5.41) is 1.15. The van der Waals surface area contributed by atoms with Crippen molar-refractivity contribution in [2.45, 2.75) is 12.5 Å². The summed E-state index contributed by atoms with van der Waals surface area (Å²) in [6.45, 7) is 1.19. The number of methoxy groups -OCH3 is 2. The number of nitrogens with one attached hydrogen (secondary N) is 1. The Morgan fingerprint density at radius 3 is 2.85 bits per heavy atom. The second kappa shape index (κ2) is 6.09. The van der Waals surface area contributed by atoms with Crippen molar-refractivity contribution in [3.63, 3.8) is 0 Å². The molecule has 2 aliphatic heterocycles. The second-order valence-electron chi connectivity index (χ2n) is 7.01. The smallest absolute Gasteiger partial charge is 0.231 e. The van der Waals surface area contributed by atoms with Crippen LogP contribution in [-0.2, 0) is 6.42 Å². The first-order chi connectivity index (χ1) is 13.2. The summed E-state index contributed by atoms with van der Waals surface area (Å²) >= 11 is 0. The fourth-order valence-electron chi connectivity index (χ4n) is 4.30. The van der Waals surface area contributed by atoms with Crippen LogP contribution in [0.1, 0.15) is 22.7 Å². The molecule has 0 saturated carbocycles. The highest BCUT2D eigenvalue weighted by Gasteiger charge is 2.35. The summed E-state index contributed by atoms with van der Waals surface area (Å²) < 4.78 is 22.6. The highest BCUT2D eigenvalue weighted by molar-refractivity contribution is 5.86. The van der Waals surface area contributed by atoms with Gasteiger partial charge in [-0.25, -0.2) is 0 Å². The molecule has 0 radical (unpaired) electrons. The van der Waals surface area contributed by atoms with E-state index in [2.05, 4.69) is 41.3 Å². The molecule has 2 aliphatic rings. The van der Waals surface area contributed by atoms with Crippen LogP contribution in [0.25, 0.3) is 10.9 Å². The molecule has 0 aliphatic carbocycles. The molecule has 2 aromatic carbocycles. The first-order valence-electron chi connectivity index (χ1n) is 9.06. The van der Waals surface area contributed by atoms with Crippen molar-refractivity contribution >= 4 is 10.9 Å². The van der Waals surface area contributed by atoms with Gasteiger partial charge in [-0.2, -0.15) is 0 Å². The Morgan fingerprint density at radius 1 is 1.15 bits per heavy atom. The molecular weight excluding hydrogens is 344 g/mol. The number of aromatic nitrogens is 1. The zero-order valence-corrected chi connectivity index (χ0v) is 15.7. The van der Waals surface area contributed by atoms with Crippen LogP contribution in [0.4, 0.5) is 0 Å². The zero-order chi connectivity index (χ0) is 18.5. The van der Waals surface area contributed by atoms with E-state index in [1.807, 2.05) is 6.07 Å². The zero-order valence-electron chi connectivity index (χ0n) is 15.7. The molecule has 1 unspecified atom stereocenters. The molecule has 1 atom stereocenters. The summed E-state index contributed by atoms with van der Waals surface area (Å²) in [7, 11) is 5.54. The maximum Gasteiger partial charge on any atom is 0.231 e. The molecule has 0 saturated heterocycles. The number of hydrogen-bond donors (Lipinski definition) is 1. The van der Waals surface area contributed by atoms with E-state index >= 15 is 0 Å².